The minimum absolute atomic E-state index is 0.0451. The van der Waals surface area contributed by atoms with Gasteiger partial charge in [0, 0.05) is 11.6 Å². The first kappa shape index (κ1) is 14.1. The third-order valence-corrected chi connectivity index (χ3v) is 3.46. The first-order chi connectivity index (χ1) is 9.20. The average molecular weight is 276 g/mol. The SMILES string of the molecule is Cc1cc(Cl)ccc1CN[C@H](CO)c1ccccc1. The molecule has 0 bridgehead atoms. The number of halogens is 1. The predicted octanol–water partition coefficient (Wildman–Crippen LogP) is 3.47. The van der Waals surface area contributed by atoms with Crippen molar-refractivity contribution in [3.05, 3.63) is 70.2 Å². The zero-order valence-corrected chi connectivity index (χ0v) is 11.7. The molecule has 2 aromatic rings. The number of aliphatic hydroxyl groups is 1. The van der Waals surface area contributed by atoms with Crippen LogP contribution in [0.15, 0.2) is 48.5 Å². The van der Waals surface area contributed by atoms with E-state index in [9.17, 15) is 5.11 Å². The molecule has 2 N–H and O–H groups in total. The zero-order chi connectivity index (χ0) is 13.7. The lowest BCUT2D eigenvalue weighted by Crippen LogP contribution is -2.24. The molecule has 0 saturated heterocycles. The number of hydrogen-bond acceptors (Lipinski definition) is 2. The summed E-state index contributed by atoms with van der Waals surface area (Å²) < 4.78 is 0. The molecule has 2 aromatic carbocycles. The first-order valence-corrected chi connectivity index (χ1v) is 6.72. The Morgan fingerprint density at radius 1 is 1.16 bits per heavy atom. The van der Waals surface area contributed by atoms with Crippen LogP contribution in [0.1, 0.15) is 22.7 Å². The van der Waals surface area contributed by atoms with Crippen molar-refractivity contribution in [3.8, 4) is 0 Å². The van der Waals surface area contributed by atoms with E-state index in [0.29, 0.717) is 6.54 Å². The number of benzene rings is 2. The lowest BCUT2D eigenvalue weighted by atomic mass is 10.1. The maximum absolute atomic E-state index is 9.49. The minimum Gasteiger partial charge on any atom is -0.394 e. The van der Waals surface area contributed by atoms with Gasteiger partial charge in [-0.3, -0.25) is 0 Å². The summed E-state index contributed by atoms with van der Waals surface area (Å²) in [5.74, 6) is 0. The zero-order valence-electron chi connectivity index (χ0n) is 10.9. The van der Waals surface area contributed by atoms with Crippen LogP contribution >= 0.6 is 11.6 Å². The van der Waals surface area contributed by atoms with Gasteiger partial charge < -0.3 is 10.4 Å². The maximum Gasteiger partial charge on any atom is 0.0626 e. The van der Waals surface area contributed by atoms with E-state index in [1.807, 2.05) is 55.5 Å². The van der Waals surface area contributed by atoms with Gasteiger partial charge in [0.05, 0.1) is 12.6 Å². The molecule has 0 aliphatic carbocycles. The highest BCUT2D eigenvalue weighted by Crippen LogP contribution is 2.17. The van der Waals surface area contributed by atoms with Crippen LogP contribution in [0.2, 0.25) is 5.02 Å². The van der Waals surface area contributed by atoms with Crippen molar-refractivity contribution in [1.82, 2.24) is 5.32 Å². The summed E-state index contributed by atoms with van der Waals surface area (Å²) in [6, 6.07) is 15.8. The van der Waals surface area contributed by atoms with Crippen LogP contribution in [-0.4, -0.2) is 11.7 Å². The molecule has 0 amide bonds. The summed E-state index contributed by atoms with van der Waals surface area (Å²) in [7, 11) is 0. The van der Waals surface area contributed by atoms with E-state index in [-0.39, 0.29) is 12.6 Å². The smallest absolute Gasteiger partial charge is 0.0626 e. The van der Waals surface area contributed by atoms with Crippen molar-refractivity contribution < 1.29 is 5.11 Å². The second-order valence-electron chi connectivity index (χ2n) is 4.60. The summed E-state index contributed by atoms with van der Waals surface area (Å²) in [5, 5.41) is 13.6. The summed E-state index contributed by atoms with van der Waals surface area (Å²) >= 11 is 5.94. The Kier molecular flexibility index (Phi) is 4.97. The van der Waals surface area contributed by atoms with Gasteiger partial charge in [-0.05, 0) is 35.7 Å². The monoisotopic (exact) mass is 275 g/mol. The van der Waals surface area contributed by atoms with E-state index in [1.54, 1.807) is 0 Å². The Bertz CT molecular complexity index is 528. The number of rotatable bonds is 5. The van der Waals surface area contributed by atoms with Crippen LogP contribution in [0.4, 0.5) is 0 Å². The number of nitrogens with one attached hydrogen (secondary N) is 1. The molecule has 100 valence electrons. The quantitative estimate of drug-likeness (QED) is 0.876. The molecular formula is C16H18ClNO. The molecule has 1 atom stereocenters. The summed E-state index contributed by atoms with van der Waals surface area (Å²) in [6.07, 6.45) is 0. The van der Waals surface area contributed by atoms with Crippen LogP contribution in [0.3, 0.4) is 0 Å². The van der Waals surface area contributed by atoms with E-state index in [1.165, 1.54) is 5.56 Å². The standard InChI is InChI=1S/C16H18ClNO/c1-12-9-15(17)8-7-14(12)10-18-16(11-19)13-5-3-2-4-6-13/h2-9,16,18-19H,10-11H2,1H3/t16-/m1/s1. The number of aliphatic hydroxyl groups excluding tert-OH is 1. The molecule has 0 spiro atoms. The largest absolute Gasteiger partial charge is 0.394 e. The lowest BCUT2D eigenvalue weighted by Gasteiger charge is -2.17. The molecule has 19 heavy (non-hydrogen) atoms. The van der Waals surface area contributed by atoms with E-state index in [2.05, 4.69) is 5.32 Å². The van der Waals surface area contributed by atoms with Crippen molar-refractivity contribution in [1.29, 1.82) is 0 Å². The second kappa shape index (κ2) is 6.71. The molecular weight excluding hydrogens is 258 g/mol. The Balaban J connectivity index is 2.04. The number of hydrogen-bond donors (Lipinski definition) is 2. The van der Waals surface area contributed by atoms with Gasteiger partial charge in [-0.25, -0.2) is 0 Å². The molecule has 0 heterocycles. The van der Waals surface area contributed by atoms with E-state index >= 15 is 0 Å². The van der Waals surface area contributed by atoms with Gasteiger partial charge in [0.2, 0.25) is 0 Å². The topological polar surface area (TPSA) is 32.3 Å². The van der Waals surface area contributed by atoms with Gasteiger partial charge in [-0.2, -0.15) is 0 Å². The van der Waals surface area contributed by atoms with Gasteiger partial charge in [-0.15, -0.1) is 0 Å². The van der Waals surface area contributed by atoms with E-state index in [0.717, 1.165) is 16.1 Å². The van der Waals surface area contributed by atoms with Gasteiger partial charge in [-0.1, -0.05) is 48.0 Å². The van der Waals surface area contributed by atoms with Crippen LogP contribution in [0, 0.1) is 6.92 Å². The highest BCUT2D eigenvalue weighted by Gasteiger charge is 2.09. The lowest BCUT2D eigenvalue weighted by molar-refractivity contribution is 0.243. The van der Waals surface area contributed by atoms with Gasteiger partial charge >= 0.3 is 0 Å². The fourth-order valence-electron chi connectivity index (χ4n) is 2.06. The Hall–Kier alpha value is -1.35. The summed E-state index contributed by atoms with van der Waals surface area (Å²) in [6.45, 7) is 2.83. The molecule has 3 heteroatoms. The Morgan fingerprint density at radius 3 is 2.53 bits per heavy atom. The molecule has 2 rings (SSSR count). The Morgan fingerprint density at radius 2 is 1.89 bits per heavy atom. The van der Waals surface area contributed by atoms with Crippen LogP contribution in [-0.2, 0) is 6.54 Å². The first-order valence-electron chi connectivity index (χ1n) is 6.35. The molecule has 0 radical (unpaired) electrons. The van der Waals surface area contributed by atoms with Crippen molar-refractivity contribution in [2.24, 2.45) is 0 Å². The summed E-state index contributed by atoms with van der Waals surface area (Å²) in [4.78, 5) is 0. The average Bonchev–Trinajstić information content (AvgIpc) is 2.43. The van der Waals surface area contributed by atoms with Crippen LogP contribution in [0.25, 0.3) is 0 Å². The normalized spacial score (nSPS) is 12.4. The van der Waals surface area contributed by atoms with Gasteiger partial charge in [0.15, 0.2) is 0 Å². The highest BCUT2D eigenvalue weighted by molar-refractivity contribution is 6.30. The molecule has 0 saturated carbocycles. The Labute approximate surface area is 119 Å². The van der Waals surface area contributed by atoms with Crippen LogP contribution in [0.5, 0.6) is 0 Å². The maximum atomic E-state index is 9.49. The minimum atomic E-state index is -0.0451. The molecule has 0 aliphatic heterocycles. The number of aryl methyl sites for hydroxylation is 1. The van der Waals surface area contributed by atoms with E-state index in [4.69, 9.17) is 11.6 Å². The third-order valence-electron chi connectivity index (χ3n) is 3.23. The molecule has 0 aliphatic rings. The molecule has 0 fully saturated rings. The second-order valence-corrected chi connectivity index (χ2v) is 5.03. The van der Waals surface area contributed by atoms with Gasteiger partial charge in [0.1, 0.15) is 0 Å². The van der Waals surface area contributed by atoms with Crippen molar-refractivity contribution in [2.45, 2.75) is 19.5 Å². The molecule has 0 unspecified atom stereocenters. The van der Waals surface area contributed by atoms with Crippen molar-refractivity contribution in [3.63, 3.8) is 0 Å². The molecule has 2 nitrogen and oxygen atoms in total. The van der Waals surface area contributed by atoms with E-state index < -0.39 is 0 Å². The fraction of sp³-hybridized carbons (Fsp3) is 0.250. The fourth-order valence-corrected chi connectivity index (χ4v) is 2.29. The van der Waals surface area contributed by atoms with Crippen LogP contribution < -0.4 is 5.32 Å². The third kappa shape index (κ3) is 3.80. The van der Waals surface area contributed by atoms with Crippen molar-refractivity contribution >= 4 is 11.6 Å². The van der Waals surface area contributed by atoms with Crippen molar-refractivity contribution in [2.75, 3.05) is 6.61 Å². The molecule has 0 aromatic heterocycles. The van der Waals surface area contributed by atoms with Gasteiger partial charge in [0.25, 0.3) is 0 Å². The highest BCUT2D eigenvalue weighted by atomic mass is 35.5. The predicted molar refractivity (Wildman–Crippen MR) is 79.3 cm³/mol. The summed E-state index contributed by atoms with van der Waals surface area (Å²) in [5.41, 5.74) is 3.44.